The van der Waals surface area contributed by atoms with Gasteiger partial charge in [0.05, 0.1) is 12.3 Å². The van der Waals surface area contributed by atoms with Crippen molar-refractivity contribution in [2.45, 2.75) is 32.2 Å². The van der Waals surface area contributed by atoms with Crippen molar-refractivity contribution in [3.05, 3.63) is 23.4 Å². The highest BCUT2D eigenvalue weighted by atomic mass is 16.5. The Labute approximate surface area is 96.4 Å². The molecular weight excluding hydrogens is 200 g/mol. The van der Waals surface area contributed by atoms with Crippen molar-refractivity contribution in [2.75, 3.05) is 19.7 Å². The van der Waals surface area contributed by atoms with Crippen LogP contribution in [-0.2, 0) is 13.0 Å². The number of hydrogen-bond acceptors (Lipinski definition) is 3. The first-order valence-electron chi connectivity index (χ1n) is 6.26. The van der Waals surface area contributed by atoms with E-state index >= 15 is 0 Å². The number of aromatic nitrogens is 1. The highest BCUT2D eigenvalue weighted by Gasteiger charge is 2.16. The molecule has 0 bridgehead atoms. The van der Waals surface area contributed by atoms with E-state index in [0.29, 0.717) is 0 Å². The standard InChI is InChI=1S/C13H18N2O/c1-2-7-15(8-3-1)10-12-5-4-11-6-9-16-13(11)14-12/h4-5H,1-3,6-10H2. The van der Waals surface area contributed by atoms with Crippen LogP contribution in [0.2, 0.25) is 0 Å². The SMILES string of the molecule is c1cc2c(nc1CN1CCCCC1)OCC2. The molecule has 1 saturated heterocycles. The van der Waals surface area contributed by atoms with Crippen molar-refractivity contribution in [1.29, 1.82) is 0 Å². The molecule has 1 aromatic heterocycles. The molecule has 0 spiro atoms. The summed E-state index contributed by atoms with van der Waals surface area (Å²) in [6.45, 7) is 4.23. The molecule has 1 aromatic rings. The van der Waals surface area contributed by atoms with E-state index in [0.717, 1.165) is 31.1 Å². The molecule has 1 fully saturated rings. The largest absolute Gasteiger partial charge is 0.477 e. The van der Waals surface area contributed by atoms with Gasteiger partial charge in [0.1, 0.15) is 0 Å². The fourth-order valence-electron chi connectivity index (χ4n) is 2.52. The van der Waals surface area contributed by atoms with Crippen LogP contribution >= 0.6 is 0 Å². The Morgan fingerprint density at radius 3 is 2.94 bits per heavy atom. The summed E-state index contributed by atoms with van der Waals surface area (Å²) in [5, 5.41) is 0. The monoisotopic (exact) mass is 218 g/mol. The predicted octanol–water partition coefficient (Wildman–Crippen LogP) is 2.00. The first-order valence-corrected chi connectivity index (χ1v) is 6.26. The van der Waals surface area contributed by atoms with Crippen LogP contribution in [0.5, 0.6) is 5.88 Å². The Bertz CT molecular complexity index is 372. The van der Waals surface area contributed by atoms with Crippen molar-refractivity contribution in [3.8, 4) is 5.88 Å². The molecule has 16 heavy (non-hydrogen) atoms. The number of rotatable bonds is 2. The molecule has 3 heteroatoms. The van der Waals surface area contributed by atoms with Crippen LogP contribution < -0.4 is 4.74 Å². The number of fused-ring (bicyclic) bond motifs is 1. The maximum Gasteiger partial charge on any atom is 0.216 e. The Balaban J connectivity index is 1.69. The van der Waals surface area contributed by atoms with Gasteiger partial charge >= 0.3 is 0 Å². The zero-order valence-electron chi connectivity index (χ0n) is 9.61. The lowest BCUT2D eigenvalue weighted by atomic mass is 10.1. The summed E-state index contributed by atoms with van der Waals surface area (Å²) in [7, 11) is 0. The van der Waals surface area contributed by atoms with Crippen LogP contribution in [-0.4, -0.2) is 29.6 Å². The Hall–Kier alpha value is -1.09. The maximum atomic E-state index is 5.50. The van der Waals surface area contributed by atoms with E-state index in [1.165, 1.54) is 37.9 Å². The third kappa shape index (κ3) is 2.05. The van der Waals surface area contributed by atoms with Gasteiger partial charge in [-0.3, -0.25) is 4.90 Å². The molecule has 0 amide bonds. The van der Waals surface area contributed by atoms with E-state index in [1.54, 1.807) is 0 Å². The quantitative estimate of drug-likeness (QED) is 0.759. The number of ether oxygens (including phenoxy) is 1. The summed E-state index contributed by atoms with van der Waals surface area (Å²) >= 11 is 0. The van der Waals surface area contributed by atoms with E-state index in [2.05, 4.69) is 22.0 Å². The lowest BCUT2D eigenvalue weighted by Crippen LogP contribution is -2.29. The molecule has 86 valence electrons. The topological polar surface area (TPSA) is 25.4 Å². The van der Waals surface area contributed by atoms with Crippen molar-refractivity contribution in [2.24, 2.45) is 0 Å². The average molecular weight is 218 g/mol. The summed E-state index contributed by atoms with van der Waals surface area (Å²) in [5.74, 6) is 0.870. The van der Waals surface area contributed by atoms with Crippen LogP contribution in [0.1, 0.15) is 30.5 Å². The fourth-order valence-corrected chi connectivity index (χ4v) is 2.52. The summed E-state index contributed by atoms with van der Waals surface area (Å²) in [4.78, 5) is 7.08. The second-order valence-corrected chi connectivity index (χ2v) is 4.70. The minimum atomic E-state index is 0.801. The van der Waals surface area contributed by atoms with Crippen molar-refractivity contribution in [1.82, 2.24) is 9.88 Å². The van der Waals surface area contributed by atoms with E-state index in [-0.39, 0.29) is 0 Å². The first-order chi connectivity index (χ1) is 7.92. The molecule has 3 nitrogen and oxygen atoms in total. The van der Waals surface area contributed by atoms with Gasteiger partial charge in [-0.05, 0) is 32.0 Å². The third-order valence-electron chi connectivity index (χ3n) is 3.44. The molecule has 0 N–H and O–H groups in total. The molecule has 0 aliphatic carbocycles. The van der Waals surface area contributed by atoms with E-state index < -0.39 is 0 Å². The van der Waals surface area contributed by atoms with Crippen LogP contribution in [0.4, 0.5) is 0 Å². The molecule has 2 aliphatic rings. The van der Waals surface area contributed by atoms with Gasteiger partial charge in [0.2, 0.25) is 5.88 Å². The van der Waals surface area contributed by atoms with Crippen molar-refractivity contribution < 1.29 is 4.74 Å². The predicted molar refractivity (Wildman–Crippen MR) is 62.6 cm³/mol. The number of nitrogens with zero attached hydrogens (tertiary/aromatic N) is 2. The van der Waals surface area contributed by atoms with Crippen LogP contribution in [0.25, 0.3) is 0 Å². The third-order valence-corrected chi connectivity index (χ3v) is 3.44. The molecule has 3 rings (SSSR count). The Morgan fingerprint density at radius 1 is 1.19 bits per heavy atom. The molecule has 3 heterocycles. The number of pyridine rings is 1. The normalized spacial score (nSPS) is 20.5. The zero-order chi connectivity index (χ0) is 10.8. The summed E-state index contributed by atoms with van der Waals surface area (Å²) < 4.78 is 5.50. The second kappa shape index (κ2) is 4.42. The van der Waals surface area contributed by atoms with Crippen molar-refractivity contribution >= 4 is 0 Å². The molecule has 0 saturated carbocycles. The van der Waals surface area contributed by atoms with E-state index in [9.17, 15) is 0 Å². The summed E-state index contributed by atoms with van der Waals surface area (Å²) in [6.07, 6.45) is 5.08. The van der Waals surface area contributed by atoms with Crippen LogP contribution in [0, 0.1) is 0 Å². The van der Waals surface area contributed by atoms with Gasteiger partial charge in [-0.25, -0.2) is 4.98 Å². The Morgan fingerprint density at radius 2 is 2.06 bits per heavy atom. The maximum absolute atomic E-state index is 5.50. The van der Waals surface area contributed by atoms with Crippen LogP contribution in [0.3, 0.4) is 0 Å². The van der Waals surface area contributed by atoms with Gasteiger partial charge in [0, 0.05) is 18.5 Å². The minimum absolute atomic E-state index is 0.801. The first kappa shape index (κ1) is 10.1. The second-order valence-electron chi connectivity index (χ2n) is 4.70. The number of likely N-dealkylation sites (tertiary alicyclic amines) is 1. The highest BCUT2D eigenvalue weighted by Crippen LogP contribution is 2.23. The highest BCUT2D eigenvalue weighted by molar-refractivity contribution is 5.31. The van der Waals surface area contributed by atoms with E-state index in [4.69, 9.17) is 4.74 Å². The van der Waals surface area contributed by atoms with Gasteiger partial charge in [-0.1, -0.05) is 12.5 Å². The molecule has 0 aromatic carbocycles. The molecule has 0 radical (unpaired) electrons. The van der Waals surface area contributed by atoms with Gasteiger partial charge in [0.25, 0.3) is 0 Å². The fraction of sp³-hybridized carbons (Fsp3) is 0.615. The van der Waals surface area contributed by atoms with Crippen molar-refractivity contribution in [3.63, 3.8) is 0 Å². The lowest BCUT2D eigenvalue weighted by molar-refractivity contribution is 0.217. The molecule has 2 aliphatic heterocycles. The van der Waals surface area contributed by atoms with Gasteiger partial charge in [0.15, 0.2) is 0 Å². The molecule has 0 atom stereocenters. The van der Waals surface area contributed by atoms with E-state index in [1.807, 2.05) is 0 Å². The lowest BCUT2D eigenvalue weighted by Gasteiger charge is -2.25. The van der Waals surface area contributed by atoms with Crippen LogP contribution in [0.15, 0.2) is 12.1 Å². The van der Waals surface area contributed by atoms with Gasteiger partial charge < -0.3 is 4.74 Å². The van der Waals surface area contributed by atoms with Gasteiger partial charge in [-0.2, -0.15) is 0 Å². The Kier molecular flexibility index (Phi) is 2.79. The smallest absolute Gasteiger partial charge is 0.216 e. The number of piperidine rings is 1. The molecule has 0 unspecified atom stereocenters. The zero-order valence-corrected chi connectivity index (χ0v) is 9.61. The summed E-state index contributed by atoms with van der Waals surface area (Å²) in [5.41, 5.74) is 2.42. The minimum Gasteiger partial charge on any atom is -0.477 e. The van der Waals surface area contributed by atoms with Gasteiger partial charge in [-0.15, -0.1) is 0 Å². The number of hydrogen-bond donors (Lipinski definition) is 0. The summed E-state index contributed by atoms with van der Waals surface area (Å²) in [6, 6.07) is 4.33. The average Bonchev–Trinajstić information content (AvgIpc) is 2.77. The molecular formula is C13H18N2O.